The molecule has 0 aromatic rings. The molecule has 1 fully saturated rings. The Bertz CT molecular complexity index is 275. The lowest BCUT2D eigenvalue weighted by Gasteiger charge is -2.28. The zero-order chi connectivity index (χ0) is 15.1. The molecule has 4 heteroatoms. The van der Waals surface area contributed by atoms with Crippen LogP contribution in [0, 0.1) is 11.8 Å². The fourth-order valence-corrected chi connectivity index (χ4v) is 2.19. The van der Waals surface area contributed by atoms with Crippen LogP contribution in [0.15, 0.2) is 0 Å². The van der Waals surface area contributed by atoms with Crippen LogP contribution in [0.25, 0.3) is 0 Å². The lowest BCUT2D eigenvalue weighted by Crippen LogP contribution is -2.50. The largest absolute Gasteiger partial charge is 0.368 e. The van der Waals surface area contributed by atoms with Crippen molar-refractivity contribution >= 4 is 5.91 Å². The van der Waals surface area contributed by atoms with Crippen molar-refractivity contribution in [3.63, 3.8) is 0 Å². The first-order valence-corrected chi connectivity index (χ1v) is 8.16. The molecule has 0 radical (unpaired) electrons. The topological polar surface area (TPSA) is 58.4 Å². The van der Waals surface area contributed by atoms with E-state index < -0.39 is 0 Å². The van der Waals surface area contributed by atoms with Gasteiger partial charge in [0, 0.05) is 12.6 Å². The molecule has 1 rings (SSSR count). The van der Waals surface area contributed by atoms with Gasteiger partial charge in [0.05, 0.1) is 6.04 Å². The summed E-state index contributed by atoms with van der Waals surface area (Å²) in [5, 5.41) is 3.38. The van der Waals surface area contributed by atoms with Gasteiger partial charge in [-0.15, -0.1) is 0 Å². The van der Waals surface area contributed by atoms with Gasteiger partial charge < -0.3 is 16.0 Å². The van der Waals surface area contributed by atoms with E-state index in [1.54, 1.807) is 0 Å². The Morgan fingerprint density at radius 1 is 1.15 bits per heavy atom. The molecule has 1 saturated carbocycles. The summed E-state index contributed by atoms with van der Waals surface area (Å²) in [5.41, 5.74) is 5.54. The van der Waals surface area contributed by atoms with Gasteiger partial charge in [-0.1, -0.05) is 27.7 Å². The second kappa shape index (κ2) is 8.63. The van der Waals surface area contributed by atoms with E-state index in [1.807, 2.05) is 0 Å². The molecule has 118 valence electrons. The van der Waals surface area contributed by atoms with Crippen LogP contribution < -0.4 is 11.1 Å². The maximum atomic E-state index is 11.6. The van der Waals surface area contributed by atoms with Crippen molar-refractivity contribution in [3.8, 4) is 0 Å². The predicted octanol–water partition coefficient (Wildman–Crippen LogP) is 1.99. The first-order valence-electron chi connectivity index (χ1n) is 8.16. The Morgan fingerprint density at radius 2 is 1.65 bits per heavy atom. The van der Waals surface area contributed by atoms with Crippen molar-refractivity contribution < 1.29 is 4.79 Å². The molecular weight excluding hydrogens is 250 g/mol. The number of nitrogens with two attached hydrogens (primary N) is 1. The van der Waals surface area contributed by atoms with E-state index >= 15 is 0 Å². The highest BCUT2D eigenvalue weighted by Gasteiger charge is 2.28. The first kappa shape index (κ1) is 17.4. The molecule has 3 N–H and O–H groups in total. The molecule has 0 aliphatic heterocycles. The summed E-state index contributed by atoms with van der Waals surface area (Å²) >= 11 is 0. The van der Waals surface area contributed by atoms with Crippen LogP contribution in [0.1, 0.15) is 53.4 Å². The second-order valence-corrected chi connectivity index (χ2v) is 7.06. The Hall–Kier alpha value is -0.610. The highest BCUT2D eigenvalue weighted by atomic mass is 16.1. The van der Waals surface area contributed by atoms with Gasteiger partial charge >= 0.3 is 0 Å². The molecule has 0 spiro atoms. The normalized spacial score (nSPS) is 17.1. The van der Waals surface area contributed by atoms with Crippen LogP contribution in [0.4, 0.5) is 0 Å². The number of hydrogen-bond donors (Lipinski definition) is 2. The molecule has 0 heterocycles. The summed E-state index contributed by atoms with van der Waals surface area (Å²) in [6, 6.07) is 0.325. The number of nitrogens with one attached hydrogen (secondary N) is 1. The second-order valence-electron chi connectivity index (χ2n) is 7.06. The van der Waals surface area contributed by atoms with Crippen molar-refractivity contribution in [1.82, 2.24) is 10.2 Å². The number of carbonyl (C=O) groups excluding carboxylic acids is 1. The summed E-state index contributed by atoms with van der Waals surface area (Å²) in [5.74, 6) is 1.18. The quantitative estimate of drug-likeness (QED) is 0.609. The molecular formula is C16H33N3O. The van der Waals surface area contributed by atoms with Crippen molar-refractivity contribution in [3.05, 3.63) is 0 Å². The number of rotatable bonds is 11. The van der Waals surface area contributed by atoms with Gasteiger partial charge in [0.15, 0.2) is 0 Å². The molecule has 1 atom stereocenters. The van der Waals surface area contributed by atoms with Gasteiger partial charge in [-0.3, -0.25) is 4.79 Å². The Balaban J connectivity index is 2.47. The fraction of sp³-hybridized carbons (Fsp3) is 0.938. The lowest BCUT2D eigenvalue weighted by atomic mass is 10.1. The maximum absolute atomic E-state index is 11.6. The SMILES string of the molecule is CC(C)CCN(CCC(C)C)CC(NC1CC1)C(N)=O. The summed E-state index contributed by atoms with van der Waals surface area (Å²) in [7, 11) is 0. The number of primary amides is 1. The average Bonchev–Trinajstić information content (AvgIpc) is 3.14. The van der Waals surface area contributed by atoms with Crippen LogP contribution >= 0.6 is 0 Å². The highest BCUT2D eigenvalue weighted by Crippen LogP contribution is 2.19. The molecule has 0 aromatic heterocycles. The summed E-state index contributed by atoms with van der Waals surface area (Å²) in [6.45, 7) is 11.8. The highest BCUT2D eigenvalue weighted by molar-refractivity contribution is 5.80. The zero-order valence-electron chi connectivity index (χ0n) is 13.7. The third kappa shape index (κ3) is 7.85. The van der Waals surface area contributed by atoms with Crippen molar-refractivity contribution in [2.45, 2.75) is 65.5 Å². The van der Waals surface area contributed by atoms with E-state index in [0.29, 0.717) is 17.9 Å². The number of hydrogen-bond acceptors (Lipinski definition) is 3. The van der Waals surface area contributed by atoms with Crippen molar-refractivity contribution in [1.29, 1.82) is 0 Å². The number of carbonyl (C=O) groups is 1. The standard InChI is InChI=1S/C16H33N3O/c1-12(2)7-9-19(10-8-13(3)4)11-15(16(17)20)18-14-5-6-14/h12-15,18H,5-11H2,1-4H3,(H2,17,20). The molecule has 1 unspecified atom stereocenters. The van der Waals surface area contributed by atoms with Gasteiger partial charge in [-0.25, -0.2) is 0 Å². The third-order valence-electron chi connectivity index (χ3n) is 3.84. The minimum Gasteiger partial charge on any atom is -0.368 e. The summed E-state index contributed by atoms with van der Waals surface area (Å²) in [4.78, 5) is 14.0. The number of nitrogens with zero attached hydrogens (tertiary/aromatic N) is 1. The van der Waals surface area contributed by atoms with Gasteiger partial charge in [-0.05, 0) is 50.6 Å². The van der Waals surface area contributed by atoms with Crippen LogP contribution in [0.2, 0.25) is 0 Å². The predicted molar refractivity (Wildman–Crippen MR) is 84.5 cm³/mol. The number of amides is 1. The smallest absolute Gasteiger partial charge is 0.235 e. The summed E-state index contributed by atoms with van der Waals surface area (Å²) in [6.07, 6.45) is 4.71. The van der Waals surface area contributed by atoms with E-state index in [9.17, 15) is 4.79 Å². The van der Waals surface area contributed by atoms with E-state index in [0.717, 1.165) is 19.6 Å². The molecule has 0 aromatic carbocycles. The monoisotopic (exact) mass is 283 g/mol. The summed E-state index contributed by atoms with van der Waals surface area (Å²) < 4.78 is 0. The average molecular weight is 283 g/mol. The van der Waals surface area contributed by atoms with Crippen LogP contribution in [-0.4, -0.2) is 42.5 Å². The van der Waals surface area contributed by atoms with E-state index in [1.165, 1.54) is 25.7 Å². The molecule has 1 aliphatic carbocycles. The van der Waals surface area contributed by atoms with Crippen molar-refractivity contribution in [2.75, 3.05) is 19.6 Å². The van der Waals surface area contributed by atoms with E-state index in [2.05, 4.69) is 37.9 Å². The molecule has 0 saturated heterocycles. The first-order chi connectivity index (χ1) is 9.38. The molecule has 20 heavy (non-hydrogen) atoms. The van der Waals surface area contributed by atoms with Crippen LogP contribution in [-0.2, 0) is 4.79 Å². The molecule has 0 bridgehead atoms. The van der Waals surface area contributed by atoms with Gasteiger partial charge in [0.2, 0.25) is 5.91 Å². The van der Waals surface area contributed by atoms with Crippen LogP contribution in [0.5, 0.6) is 0 Å². The lowest BCUT2D eigenvalue weighted by molar-refractivity contribution is -0.120. The minimum absolute atomic E-state index is 0.193. The molecule has 1 aliphatic rings. The fourth-order valence-electron chi connectivity index (χ4n) is 2.19. The molecule has 1 amide bonds. The van der Waals surface area contributed by atoms with Gasteiger partial charge in [0.1, 0.15) is 0 Å². The van der Waals surface area contributed by atoms with Gasteiger partial charge in [-0.2, -0.15) is 0 Å². The minimum atomic E-state index is -0.212. The Kier molecular flexibility index (Phi) is 7.52. The maximum Gasteiger partial charge on any atom is 0.235 e. The molecule has 4 nitrogen and oxygen atoms in total. The third-order valence-corrected chi connectivity index (χ3v) is 3.84. The van der Waals surface area contributed by atoms with E-state index in [4.69, 9.17) is 5.73 Å². The van der Waals surface area contributed by atoms with Gasteiger partial charge in [0.25, 0.3) is 0 Å². The van der Waals surface area contributed by atoms with Crippen molar-refractivity contribution in [2.24, 2.45) is 17.6 Å². The zero-order valence-corrected chi connectivity index (χ0v) is 13.7. The Morgan fingerprint density at radius 3 is 2.00 bits per heavy atom. The van der Waals surface area contributed by atoms with E-state index in [-0.39, 0.29) is 11.9 Å². The Labute approximate surface area is 124 Å². The van der Waals surface area contributed by atoms with Crippen LogP contribution in [0.3, 0.4) is 0 Å².